The molecule has 4 heteroatoms. The lowest BCUT2D eigenvalue weighted by Gasteiger charge is -2.44. The molecule has 0 aromatic carbocycles. The molecule has 0 saturated heterocycles. The van der Waals surface area contributed by atoms with Crippen molar-refractivity contribution in [2.24, 2.45) is 34.8 Å². The number of rotatable bonds is 10. The first kappa shape index (κ1) is 27.6. The van der Waals surface area contributed by atoms with Gasteiger partial charge in [0.1, 0.15) is 0 Å². The molecule has 4 N–H and O–H groups in total. The first-order valence-electron chi connectivity index (χ1n) is 13.9. The summed E-state index contributed by atoms with van der Waals surface area (Å²) in [7, 11) is 0. The summed E-state index contributed by atoms with van der Waals surface area (Å²) in [6.45, 7) is 14.3. The number of hydrogen-bond acceptors (Lipinski definition) is 4. The van der Waals surface area contributed by atoms with Crippen molar-refractivity contribution in [2.45, 2.75) is 117 Å². The lowest BCUT2D eigenvalue weighted by atomic mass is 9.60. The Morgan fingerprint density at radius 3 is 2.59 bits per heavy atom. The third kappa shape index (κ3) is 6.63. The third-order valence-corrected chi connectivity index (χ3v) is 9.17. The second-order valence-corrected chi connectivity index (χ2v) is 12.2. The molecule has 0 heterocycles. The number of aliphatic hydroxyl groups is 2. The molecule has 0 aromatic heterocycles. The van der Waals surface area contributed by atoms with Gasteiger partial charge in [-0.05, 0) is 79.7 Å². The van der Waals surface area contributed by atoms with Gasteiger partial charge < -0.3 is 20.7 Å². The number of hydrogen-bond donors (Lipinski definition) is 3. The molecule has 6 atom stereocenters. The highest BCUT2D eigenvalue weighted by Crippen LogP contribution is 2.60. The summed E-state index contributed by atoms with van der Waals surface area (Å²) in [5, 5.41) is 21.0. The Balaban J connectivity index is 1.70. The van der Waals surface area contributed by atoms with Crippen molar-refractivity contribution in [1.29, 1.82) is 0 Å². The molecular formula is C30H51NO3. The van der Waals surface area contributed by atoms with E-state index in [4.69, 9.17) is 10.5 Å². The Morgan fingerprint density at radius 2 is 1.88 bits per heavy atom. The molecule has 3 fully saturated rings. The van der Waals surface area contributed by atoms with Gasteiger partial charge >= 0.3 is 0 Å². The predicted octanol–water partition coefficient (Wildman–Crippen LogP) is 6.63. The minimum Gasteiger partial charge on any atom is -0.368 e. The van der Waals surface area contributed by atoms with Gasteiger partial charge in [0.05, 0.1) is 0 Å². The van der Waals surface area contributed by atoms with Crippen LogP contribution >= 0.6 is 0 Å². The molecule has 3 aliphatic rings. The van der Waals surface area contributed by atoms with Crippen molar-refractivity contribution < 1.29 is 14.9 Å². The Morgan fingerprint density at radius 1 is 1.12 bits per heavy atom. The van der Waals surface area contributed by atoms with Gasteiger partial charge in [0, 0.05) is 19.3 Å². The number of allylic oxidation sites excluding steroid dienone is 4. The van der Waals surface area contributed by atoms with E-state index in [9.17, 15) is 10.2 Å². The second-order valence-electron chi connectivity index (χ2n) is 12.2. The van der Waals surface area contributed by atoms with Crippen molar-refractivity contribution in [3.05, 3.63) is 35.5 Å². The van der Waals surface area contributed by atoms with E-state index in [1.165, 1.54) is 51.4 Å². The average molecular weight is 474 g/mol. The molecule has 34 heavy (non-hydrogen) atoms. The van der Waals surface area contributed by atoms with Gasteiger partial charge in [-0.3, -0.25) is 0 Å². The van der Waals surface area contributed by atoms with Crippen LogP contribution in [0, 0.1) is 29.1 Å². The van der Waals surface area contributed by atoms with E-state index in [1.54, 1.807) is 5.57 Å². The number of fused-ring (bicyclic) bond motifs is 1. The SMILES string of the molecule is C=C1CC[C@](O)(OC(O)CCN)C/C1=C/C=C1\CCC[C@]2(C)[C@@H]([C@H](C)CCCC(C)C)CC[C@@H]12. The quantitative estimate of drug-likeness (QED) is 0.311. The van der Waals surface area contributed by atoms with Gasteiger partial charge in [-0.15, -0.1) is 0 Å². The van der Waals surface area contributed by atoms with E-state index in [0.29, 0.717) is 43.6 Å². The smallest absolute Gasteiger partial charge is 0.172 e. The second kappa shape index (κ2) is 11.9. The summed E-state index contributed by atoms with van der Waals surface area (Å²) in [6.07, 6.45) is 15.9. The molecule has 194 valence electrons. The number of nitrogens with two attached hydrogens (primary N) is 1. The van der Waals surface area contributed by atoms with Crippen LogP contribution in [-0.4, -0.2) is 28.8 Å². The van der Waals surface area contributed by atoms with Crippen molar-refractivity contribution >= 4 is 0 Å². The van der Waals surface area contributed by atoms with E-state index in [-0.39, 0.29) is 0 Å². The van der Waals surface area contributed by atoms with E-state index in [2.05, 4.69) is 46.4 Å². The molecular weight excluding hydrogens is 422 g/mol. The lowest BCUT2D eigenvalue weighted by Crippen LogP contribution is -2.40. The van der Waals surface area contributed by atoms with Crippen LogP contribution < -0.4 is 5.73 Å². The molecule has 1 unspecified atom stereocenters. The van der Waals surface area contributed by atoms with Crippen molar-refractivity contribution in [3.63, 3.8) is 0 Å². The predicted molar refractivity (Wildman–Crippen MR) is 141 cm³/mol. The molecule has 3 rings (SSSR count). The largest absolute Gasteiger partial charge is 0.368 e. The van der Waals surface area contributed by atoms with E-state index >= 15 is 0 Å². The Bertz CT molecular complexity index is 756. The van der Waals surface area contributed by atoms with Gasteiger partial charge in [-0.25, -0.2) is 0 Å². The molecule has 4 nitrogen and oxygen atoms in total. The van der Waals surface area contributed by atoms with Crippen molar-refractivity contribution in [1.82, 2.24) is 0 Å². The summed E-state index contributed by atoms with van der Waals surface area (Å²) in [6, 6.07) is 0. The van der Waals surface area contributed by atoms with Crippen LogP contribution in [0.25, 0.3) is 0 Å². The van der Waals surface area contributed by atoms with Crippen LogP contribution in [0.1, 0.15) is 105 Å². The fraction of sp³-hybridized carbons (Fsp3) is 0.800. The minimum atomic E-state index is -1.34. The maximum atomic E-state index is 11.0. The molecule has 0 aromatic rings. The maximum Gasteiger partial charge on any atom is 0.172 e. The van der Waals surface area contributed by atoms with Gasteiger partial charge in [0.15, 0.2) is 12.1 Å². The van der Waals surface area contributed by atoms with Crippen molar-refractivity contribution in [3.8, 4) is 0 Å². The zero-order chi connectivity index (χ0) is 24.9. The van der Waals surface area contributed by atoms with Crippen LogP contribution in [0.4, 0.5) is 0 Å². The highest BCUT2D eigenvalue weighted by atomic mass is 16.7. The van der Waals surface area contributed by atoms with Crippen molar-refractivity contribution in [2.75, 3.05) is 6.54 Å². The standard InChI is InChI=1S/C30H51NO3/c1-21(2)8-6-9-23(4)26-13-14-27-24(10-7-17-29(26,27)5)11-12-25-20-30(33,18-15-22(25)3)34-28(32)16-19-31/h11-12,21,23,26-28,32-33H,3,6-10,13-20,31H2,1-2,4-5H3/b24-11+,25-12-/t23-,26-,27+,28?,29-,30+/m1/s1. The third-order valence-electron chi connectivity index (χ3n) is 9.17. The Labute approximate surface area is 208 Å². The van der Waals surface area contributed by atoms with E-state index in [0.717, 1.165) is 28.9 Å². The van der Waals surface area contributed by atoms with Gasteiger partial charge in [-0.1, -0.05) is 76.8 Å². The van der Waals surface area contributed by atoms with Gasteiger partial charge in [0.2, 0.25) is 0 Å². The van der Waals surface area contributed by atoms with Crippen LogP contribution in [0.2, 0.25) is 0 Å². The maximum absolute atomic E-state index is 11.0. The monoisotopic (exact) mass is 473 g/mol. The van der Waals surface area contributed by atoms with Gasteiger partial charge in [0.25, 0.3) is 0 Å². The molecule has 0 radical (unpaired) electrons. The Kier molecular flexibility index (Phi) is 9.65. The summed E-state index contributed by atoms with van der Waals surface area (Å²) in [5.74, 6) is 1.77. The first-order chi connectivity index (χ1) is 16.1. The summed E-state index contributed by atoms with van der Waals surface area (Å²) in [5.41, 5.74) is 9.64. The van der Waals surface area contributed by atoms with Gasteiger partial charge in [-0.2, -0.15) is 0 Å². The van der Waals surface area contributed by atoms with Crippen LogP contribution in [0.5, 0.6) is 0 Å². The first-order valence-corrected chi connectivity index (χ1v) is 13.9. The molecule has 0 aliphatic heterocycles. The highest BCUT2D eigenvalue weighted by Gasteiger charge is 2.50. The number of ether oxygens (including phenoxy) is 1. The summed E-state index contributed by atoms with van der Waals surface area (Å²) < 4.78 is 5.59. The fourth-order valence-corrected chi connectivity index (χ4v) is 7.22. The molecule has 3 aliphatic carbocycles. The zero-order valence-corrected chi connectivity index (χ0v) is 22.3. The normalized spacial score (nSPS) is 36.3. The zero-order valence-electron chi connectivity index (χ0n) is 22.3. The molecule has 0 spiro atoms. The highest BCUT2D eigenvalue weighted by molar-refractivity contribution is 5.37. The van der Waals surface area contributed by atoms with E-state index in [1.807, 2.05) is 0 Å². The van der Waals surface area contributed by atoms with E-state index < -0.39 is 12.1 Å². The molecule has 0 bridgehead atoms. The lowest BCUT2D eigenvalue weighted by molar-refractivity contribution is -0.283. The molecule has 3 saturated carbocycles. The summed E-state index contributed by atoms with van der Waals surface area (Å²) >= 11 is 0. The average Bonchev–Trinajstić information content (AvgIpc) is 3.12. The summed E-state index contributed by atoms with van der Waals surface area (Å²) in [4.78, 5) is 0. The van der Waals surface area contributed by atoms with Crippen LogP contribution in [0.3, 0.4) is 0 Å². The Hall–Kier alpha value is -0.940. The van der Waals surface area contributed by atoms with Crippen LogP contribution in [-0.2, 0) is 4.74 Å². The topological polar surface area (TPSA) is 75.7 Å². The minimum absolute atomic E-state index is 0.323. The fourth-order valence-electron chi connectivity index (χ4n) is 7.22. The number of aliphatic hydroxyl groups excluding tert-OH is 1. The molecule has 0 amide bonds. The van der Waals surface area contributed by atoms with Crippen LogP contribution in [0.15, 0.2) is 35.5 Å².